The molecule has 118 valence electrons. The summed E-state index contributed by atoms with van der Waals surface area (Å²) in [5.74, 6) is 1.48. The van der Waals surface area contributed by atoms with Gasteiger partial charge in [0.25, 0.3) is 0 Å². The van der Waals surface area contributed by atoms with E-state index >= 15 is 0 Å². The molecule has 22 heavy (non-hydrogen) atoms. The van der Waals surface area contributed by atoms with Crippen LogP contribution in [-0.2, 0) is 4.79 Å². The summed E-state index contributed by atoms with van der Waals surface area (Å²) in [4.78, 5) is 16.2. The maximum atomic E-state index is 11.5. The quantitative estimate of drug-likeness (QED) is 0.917. The summed E-state index contributed by atoms with van der Waals surface area (Å²) in [6.07, 6.45) is 1.83. The molecule has 6 heteroatoms. The maximum absolute atomic E-state index is 11.5. The van der Waals surface area contributed by atoms with Crippen LogP contribution in [0.5, 0.6) is 11.5 Å². The fraction of sp³-hybridized carbons (Fsp3) is 0.500. The highest BCUT2D eigenvalue weighted by atomic mass is 16.7. The molecule has 1 unspecified atom stereocenters. The van der Waals surface area contributed by atoms with Gasteiger partial charge in [-0.2, -0.15) is 0 Å². The van der Waals surface area contributed by atoms with Crippen molar-refractivity contribution in [1.29, 1.82) is 0 Å². The van der Waals surface area contributed by atoms with Crippen LogP contribution < -0.4 is 9.47 Å². The van der Waals surface area contributed by atoms with Crippen LogP contribution in [0.1, 0.15) is 51.4 Å². The van der Waals surface area contributed by atoms with E-state index in [0.29, 0.717) is 11.5 Å². The summed E-state index contributed by atoms with van der Waals surface area (Å²) < 4.78 is 12.6. The molecular formula is C16H20N2O4. The van der Waals surface area contributed by atoms with Gasteiger partial charge in [-0.25, -0.2) is 9.78 Å². The summed E-state index contributed by atoms with van der Waals surface area (Å²) in [5.41, 5.74) is 1.53. The van der Waals surface area contributed by atoms with Gasteiger partial charge < -0.3 is 19.1 Å². The first-order chi connectivity index (χ1) is 10.6. The minimum Gasteiger partial charge on any atom is -0.480 e. The minimum absolute atomic E-state index is 0.190. The van der Waals surface area contributed by atoms with Crippen LogP contribution in [0, 0.1) is 0 Å². The number of carboxylic acid groups (broad SMARTS) is 1. The molecule has 1 aliphatic heterocycles. The summed E-state index contributed by atoms with van der Waals surface area (Å²) in [6.45, 7) is 6.06. The van der Waals surface area contributed by atoms with E-state index in [1.165, 1.54) is 0 Å². The molecule has 6 nitrogen and oxygen atoms in total. The van der Waals surface area contributed by atoms with Gasteiger partial charge in [-0.1, -0.05) is 13.8 Å². The zero-order valence-corrected chi connectivity index (χ0v) is 13.0. The van der Waals surface area contributed by atoms with Crippen molar-refractivity contribution in [3.63, 3.8) is 0 Å². The first kappa shape index (κ1) is 14.7. The van der Waals surface area contributed by atoms with Crippen LogP contribution in [0.4, 0.5) is 0 Å². The van der Waals surface area contributed by atoms with Gasteiger partial charge in [-0.3, -0.25) is 0 Å². The standard InChI is InChI=1S/C16H20N2O4/c1-4-10(5-2)15-17-11-6-13-14(22-8-21-13)7-12(11)18(15)9(3)16(19)20/h6-7,9-10H,4-5,8H2,1-3H3,(H,19,20). The van der Waals surface area contributed by atoms with E-state index in [1.54, 1.807) is 6.92 Å². The Bertz CT molecular complexity index is 718. The number of hydrogen-bond acceptors (Lipinski definition) is 4. The molecule has 1 N–H and O–H groups in total. The molecule has 2 heterocycles. The van der Waals surface area contributed by atoms with Gasteiger partial charge in [0.15, 0.2) is 11.5 Å². The second-order valence-corrected chi connectivity index (χ2v) is 5.56. The number of fused-ring (bicyclic) bond motifs is 2. The average molecular weight is 304 g/mol. The van der Waals surface area contributed by atoms with E-state index in [1.807, 2.05) is 16.7 Å². The molecule has 2 aromatic rings. The van der Waals surface area contributed by atoms with Crippen LogP contribution in [-0.4, -0.2) is 27.4 Å². The zero-order valence-electron chi connectivity index (χ0n) is 13.0. The van der Waals surface area contributed by atoms with Crippen molar-refractivity contribution in [1.82, 2.24) is 9.55 Å². The summed E-state index contributed by atoms with van der Waals surface area (Å²) >= 11 is 0. The Morgan fingerprint density at radius 2 is 1.95 bits per heavy atom. The third-order valence-electron chi connectivity index (χ3n) is 4.31. The lowest BCUT2D eigenvalue weighted by atomic mass is 10.0. The van der Waals surface area contributed by atoms with Gasteiger partial charge in [-0.05, 0) is 19.8 Å². The Morgan fingerprint density at radius 3 is 2.55 bits per heavy atom. The van der Waals surface area contributed by atoms with Gasteiger partial charge in [0.05, 0.1) is 11.0 Å². The molecular weight excluding hydrogens is 284 g/mol. The fourth-order valence-corrected chi connectivity index (χ4v) is 2.96. The molecule has 1 atom stereocenters. The largest absolute Gasteiger partial charge is 0.480 e. The molecule has 0 bridgehead atoms. The van der Waals surface area contributed by atoms with Crippen LogP contribution in [0.15, 0.2) is 12.1 Å². The molecule has 0 saturated carbocycles. The second-order valence-electron chi connectivity index (χ2n) is 5.56. The number of imidazole rings is 1. The van der Waals surface area contributed by atoms with Crippen molar-refractivity contribution in [3.8, 4) is 11.5 Å². The van der Waals surface area contributed by atoms with Gasteiger partial charge in [0.1, 0.15) is 11.9 Å². The Balaban J connectivity index is 2.25. The highest BCUT2D eigenvalue weighted by Gasteiger charge is 2.26. The molecule has 0 spiro atoms. The molecule has 1 aromatic heterocycles. The number of rotatable bonds is 5. The van der Waals surface area contributed by atoms with Crippen molar-refractivity contribution in [2.24, 2.45) is 0 Å². The van der Waals surface area contributed by atoms with E-state index < -0.39 is 12.0 Å². The zero-order chi connectivity index (χ0) is 15.9. The van der Waals surface area contributed by atoms with Crippen molar-refractivity contribution in [2.75, 3.05) is 6.79 Å². The third-order valence-corrected chi connectivity index (χ3v) is 4.31. The van der Waals surface area contributed by atoms with Gasteiger partial charge in [-0.15, -0.1) is 0 Å². The van der Waals surface area contributed by atoms with Crippen LogP contribution >= 0.6 is 0 Å². The van der Waals surface area contributed by atoms with Crippen LogP contribution in [0.25, 0.3) is 11.0 Å². The Labute approximate surface area is 128 Å². The van der Waals surface area contributed by atoms with Gasteiger partial charge >= 0.3 is 5.97 Å². The molecule has 0 saturated heterocycles. The van der Waals surface area contributed by atoms with E-state index in [9.17, 15) is 9.90 Å². The minimum atomic E-state index is -0.871. The lowest BCUT2D eigenvalue weighted by Crippen LogP contribution is -2.19. The van der Waals surface area contributed by atoms with Crippen molar-refractivity contribution < 1.29 is 19.4 Å². The number of aromatic nitrogens is 2. The number of carboxylic acids is 1. The first-order valence-corrected chi connectivity index (χ1v) is 7.61. The highest BCUT2D eigenvalue weighted by Crippen LogP contribution is 2.38. The van der Waals surface area contributed by atoms with E-state index in [-0.39, 0.29) is 12.7 Å². The van der Waals surface area contributed by atoms with Gasteiger partial charge in [0, 0.05) is 18.1 Å². The monoisotopic (exact) mass is 304 g/mol. The van der Waals surface area contributed by atoms with Gasteiger partial charge in [0.2, 0.25) is 6.79 Å². The van der Waals surface area contributed by atoms with Crippen molar-refractivity contribution >= 4 is 17.0 Å². The molecule has 1 aliphatic rings. The predicted octanol–water partition coefficient (Wildman–Crippen LogP) is 3.31. The number of hydrogen-bond donors (Lipinski definition) is 1. The van der Waals surface area contributed by atoms with Crippen molar-refractivity contribution in [2.45, 2.75) is 45.6 Å². The number of carbonyl (C=O) groups is 1. The van der Waals surface area contributed by atoms with E-state index in [2.05, 4.69) is 13.8 Å². The molecule has 0 amide bonds. The fourth-order valence-electron chi connectivity index (χ4n) is 2.96. The smallest absolute Gasteiger partial charge is 0.326 e. The Morgan fingerprint density at radius 1 is 1.32 bits per heavy atom. The maximum Gasteiger partial charge on any atom is 0.326 e. The Kier molecular flexibility index (Phi) is 3.68. The van der Waals surface area contributed by atoms with E-state index in [0.717, 1.165) is 29.7 Å². The SMILES string of the molecule is CCC(CC)c1nc2cc3c(cc2n1C(C)C(=O)O)OCO3. The number of ether oxygens (including phenoxy) is 2. The molecule has 0 radical (unpaired) electrons. The molecule has 1 aromatic carbocycles. The molecule has 0 aliphatic carbocycles. The summed E-state index contributed by atoms with van der Waals surface area (Å²) in [7, 11) is 0. The second kappa shape index (κ2) is 5.51. The molecule has 0 fully saturated rings. The van der Waals surface area contributed by atoms with Crippen molar-refractivity contribution in [3.05, 3.63) is 18.0 Å². The lowest BCUT2D eigenvalue weighted by Gasteiger charge is -2.18. The summed E-state index contributed by atoms with van der Waals surface area (Å²) in [5, 5.41) is 9.45. The molecule has 3 rings (SSSR count). The third kappa shape index (κ3) is 2.19. The Hall–Kier alpha value is -2.24. The number of nitrogens with zero attached hydrogens (tertiary/aromatic N) is 2. The normalized spacial score (nSPS) is 14.7. The lowest BCUT2D eigenvalue weighted by molar-refractivity contribution is -0.140. The number of aliphatic carboxylic acids is 1. The highest BCUT2D eigenvalue weighted by molar-refractivity contribution is 5.83. The van der Waals surface area contributed by atoms with Crippen LogP contribution in [0.2, 0.25) is 0 Å². The predicted molar refractivity (Wildman–Crippen MR) is 81.5 cm³/mol. The first-order valence-electron chi connectivity index (χ1n) is 7.61. The average Bonchev–Trinajstić information content (AvgIpc) is 3.08. The van der Waals surface area contributed by atoms with E-state index in [4.69, 9.17) is 14.5 Å². The van der Waals surface area contributed by atoms with Crippen LogP contribution in [0.3, 0.4) is 0 Å². The number of benzene rings is 1. The topological polar surface area (TPSA) is 73.6 Å². The summed E-state index contributed by atoms with van der Waals surface area (Å²) in [6, 6.07) is 2.98.